The Morgan fingerprint density at radius 3 is 2.60 bits per heavy atom. The average molecular weight is 211 g/mol. The van der Waals surface area contributed by atoms with E-state index in [0.29, 0.717) is 17.6 Å². The molecule has 0 aromatic carbocycles. The lowest BCUT2D eigenvalue weighted by molar-refractivity contribution is 0.111. The molecule has 2 unspecified atom stereocenters. The van der Waals surface area contributed by atoms with Gasteiger partial charge in [0.2, 0.25) is 0 Å². The lowest BCUT2D eigenvalue weighted by Gasteiger charge is -2.22. The third-order valence-corrected chi connectivity index (χ3v) is 3.91. The van der Waals surface area contributed by atoms with Gasteiger partial charge in [-0.3, -0.25) is 0 Å². The van der Waals surface area contributed by atoms with Crippen molar-refractivity contribution in [3.8, 4) is 0 Å². The molecule has 1 N–H and O–H groups in total. The zero-order chi connectivity index (χ0) is 10.9. The monoisotopic (exact) mass is 211 g/mol. The molecule has 1 saturated heterocycles. The van der Waals surface area contributed by atoms with Crippen LogP contribution in [0.25, 0.3) is 0 Å². The van der Waals surface area contributed by atoms with Gasteiger partial charge in [-0.25, -0.2) is 0 Å². The molecule has 2 atom stereocenters. The van der Waals surface area contributed by atoms with E-state index in [1.165, 1.54) is 32.2 Å². The van der Waals surface area contributed by atoms with Crippen LogP contribution in [0.4, 0.5) is 0 Å². The second-order valence-electron chi connectivity index (χ2n) is 5.95. The molecule has 1 saturated carbocycles. The minimum absolute atomic E-state index is 0.417. The fraction of sp³-hybridized carbons (Fsp3) is 1.00. The first kappa shape index (κ1) is 11.4. The van der Waals surface area contributed by atoms with Crippen molar-refractivity contribution in [2.24, 2.45) is 11.3 Å². The van der Waals surface area contributed by atoms with Crippen LogP contribution >= 0.6 is 0 Å². The van der Waals surface area contributed by atoms with Gasteiger partial charge in [-0.15, -0.1) is 0 Å². The van der Waals surface area contributed by atoms with Crippen LogP contribution in [-0.4, -0.2) is 25.3 Å². The van der Waals surface area contributed by atoms with Gasteiger partial charge in [0.05, 0.1) is 6.10 Å². The van der Waals surface area contributed by atoms with Gasteiger partial charge in [-0.1, -0.05) is 13.8 Å². The van der Waals surface area contributed by atoms with Gasteiger partial charge in [0.1, 0.15) is 0 Å². The number of nitrogens with one attached hydrogen (secondary N) is 1. The SMILES string of the molecule is CC(C)CC1(CNC2CCOC2C)CC1. The lowest BCUT2D eigenvalue weighted by Crippen LogP contribution is -2.38. The predicted octanol–water partition coefficient (Wildman–Crippen LogP) is 2.58. The van der Waals surface area contributed by atoms with Crippen molar-refractivity contribution in [1.29, 1.82) is 0 Å². The van der Waals surface area contributed by atoms with Gasteiger partial charge >= 0.3 is 0 Å². The van der Waals surface area contributed by atoms with Gasteiger partial charge in [0, 0.05) is 19.2 Å². The second kappa shape index (κ2) is 4.42. The molecule has 1 aliphatic carbocycles. The van der Waals surface area contributed by atoms with Crippen LogP contribution in [0.2, 0.25) is 0 Å². The molecule has 0 spiro atoms. The topological polar surface area (TPSA) is 21.3 Å². The van der Waals surface area contributed by atoms with Gasteiger partial charge in [-0.05, 0) is 43.9 Å². The summed E-state index contributed by atoms with van der Waals surface area (Å²) in [4.78, 5) is 0. The number of rotatable bonds is 5. The highest BCUT2D eigenvalue weighted by Gasteiger charge is 2.43. The molecule has 0 aromatic heterocycles. The molecule has 2 aliphatic rings. The lowest BCUT2D eigenvalue weighted by atomic mass is 9.93. The van der Waals surface area contributed by atoms with Crippen LogP contribution in [0.5, 0.6) is 0 Å². The van der Waals surface area contributed by atoms with Crippen LogP contribution in [0, 0.1) is 11.3 Å². The normalized spacial score (nSPS) is 33.6. The van der Waals surface area contributed by atoms with E-state index >= 15 is 0 Å². The largest absolute Gasteiger partial charge is 0.377 e. The number of ether oxygens (including phenoxy) is 1. The molecular formula is C13H25NO. The van der Waals surface area contributed by atoms with Crippen molar-refractivity contribution in [2.75, 3.05) is 13.2 Å². The summed E-state index contributed by atoms with van der Waals surface area (Å²) in [5.41, 5.74) is 0.649. The summed E-state index contributed by atoms with van der Waals surface area (Å²) in [6, 6.07) is 0.606. The maximum atomic E-state index is 5.57. The Balaban J connectivity index is 1.73. The maximum absolute atomic E-state index is 5.57. The maximum Gasteiger partial charge on any atom is 0.0700 e. The minimum Gasteiger partial charge on any atom is -0.377 e. The van der Waals surface area contributed by atoms with Crippen molar-refractivity contribution in [2.45, 2.75) is 58.6 Å². The summed E-state index contributed by atoms with van der Waals surface area (Å²) in [6.07, 6.45) is 5.86. The first-order chi connectivity index (χ1) is 7.11. The van der Waals surface area contributed by atoms with Crippen LogP contribution in [-0.2, 0) is 4.74 Å². The zero-order valence-electron chi connectivity index (χ0n) is 10.4. The van der Waals surface area contributed by atoms with E-state index < -0.39 is 0 Å². The summed E-state index contributed by atoms with van der Waals surface area (Å²) in [7, 11) is 0. The molecule has 15 heavy (non-hydrogen) atoms. The van der Waals surface area contributed by atoms with E-state index in [1.807, 2.05) is 0 Å². The van der Waals surface area contributed by atoms with Crippen LogP contribution in [0.1, 0.15) is 46.5 Å². The number of hydrogen-bond acceptors (Lipinski definition) is 2. The average Bonchev–Trinajstić information content (AvgIpc) is 2.78. The van der Waals surface area contributed by atoms with Crippen molar-refractivity contribution >= 4 is 0 Å². The third kappa shape index (κ3) is 2.94. The Bertz CT molecular complexity index is 211. The number of hydrogen-bond donors (Lipinski definition) is 1. The summed E-state index contributed by atoms with van der Waals surface area (Å²) >= 11 is 0. The van der Waals surface area contributed by atoms with Crippen molar-refractivity contribution in [3.63, 3.8) is 0 Å². The summed E-state index contributed by atoms with van der Waals surface area (Å²) < 4.78 is 5.57. The third-order valence-electron chi connectivity index (χ3n) is 3.91. The smallest absolute Gasteiger partial charge is 0.0700 e. The molecule has 1 heterocycles. The Kier molecular flexibility index (Phi) is 3.36. The van der Waals surface area contributed by atoms with Crippen LogP contribution in [0.3, 0.4) is 0 Å². The molecular weight excluding hydrogens is 186 g/mol. The predicted molar refractivity (Wildman–Crippen MR) is 62.9 cm³/mol. The highest BCUT2D eigenvalue weighted by Crippen LogP contribution is 2.50. The Morgan fingerprint density at radius 2 is 2.13 bits per heavy atom. The molecule has 1 aliphatic heterocycles. The first-order valence-electron chi connectivity index (χ1n) is 6.46. The molecule has 0 radical (unpaired) electrons. The van der Waals surface area contributed by atoms with E-state index in [9.17, 15) is 0 Å². The molecule has 0 amide bonds. The van der Waals surface area contributed by atoms with Crippen LogP contribution in [0.15, 0.2) is 0 Å². The van der Waals surface area contributed by atoms with Crippen molar-refractivity contribution < 1.29 is 4.74 Å². The van der Waals surface area contributed by atoms with Crippen molar-refractivity contribution in [3.05, 3.63) is 0 Å². The summed E-state index contributed by atoms with van der Waals surface area (Å²) in [5, 5.41) is 3.71. The van der Waals surface area contributed by atoms with Gasteiger partial charge < -0.3 is 10.1 Å². The highest BCUT2D eigenvalue weighted by atomic mass is 16.5. The molecule has 88 valence electrons. The van der Waals surface area contributed by atoms with Gasteiger partial charge in [-0.2, -0.15) is 0 Å². The Labute approximate surface area is 93.8 Å². The minimum atomic E-state index is 0.417. The Morgan fingerprint density at radius 1 is 1.40 bits per heavy atom. The van der Waals surface area contributed by atoms with Gasteiger partial charge in [0.25, 0.3) is 0 Å². The second-order valence-corrected chi connectivity index (χ2v) is 5.95. The standard InChI is InChI=1S/C13H25NO/c1-10(2)8-13(5-6-13)9-14-12-4-7-15-11(12)3/h10-12,14H,4-9H2,1-3H3. The van der Waals surface area contributed by atoms with E-state index in [0.717, 1.165) is 12.5 Å². The fourth-order valence-corrected chi connectivity index (χ4v) is 2.84. The first-order valence-corrected chi connectivity index (χ1v) is 6.46. The van der Waals surface area contributed by atoms with Crippen LogP contribution < -0.4 is 5.32 Å². The molecule has 0 aromatic rings. The van der Waals surface area contributed by atoms with E-state index in [4.69, 9.17) is 4.74 Å². The fourth-order valence-electron chi connectivity index (χ4n) is 2.84. The quantitative estimate of drug-likeness (QED) is 0.754. The van der Waals surface area contributed by atoms with Gasteiger partial charge in [0.15, 0.2) is 0 Å². The van der Waals surface area contributed by atoms with Crippen molar-refractivity contribution in [1.82, 2.24) is 5.32 Å². The molecule has 2 heteroatoms. The van der Waals surface area contributed by atoms with E-state index in [2.05, 4.69) is 26.1 Å². The Hall–Kier alpha value is -0.0800. The molecule has 0 bridgehead atoms. The zero-order valence-corrected chi connectivity index (χ0v) is 10.4. The van der Waals surface area contributed by atoms with E-state index in [-0.39, 0.29) is 0 Å². The summed E-state index contributed by atoms with van der Waals surface area (Å²) in [6.45, 7) is 9.01. The van der Waals surface area contributed by atoms with E-state index in [1.54, 1.807) is 0 Å². The highest BCUT2D eigenvalue weighted by molar-refractivity contribution is 4.96. The molecule has 2 fully saturated rings. The summed E-state index contributed by atoms with van der Waals surface area (Å²) in [5.74, 6) is 0.839. The molecule has 2 rings (SSSR count). The molecule has 2 nitrogen and oxygen atoms in total.